The van der Waals surface area contributed by atoms with E-state index in [1.807, 2.05) is 0 Å². The van der Waals surface area contributed by atoms with E-state index < -0.39 is 11.7 Å². The van der Waals surface area contributed by atoms with Crippen molar-refractivity contribution in [3.63, 3.8) is 0 Å². The van der Waals surface area contributed by atoms with Gasteiger partial charge in [-0.25, -0.2) is 0 Å². The Bertz CT molecular complexity index is 620. The van der Waals surface area contributed by atoms with Gasteiger partial charge in [-0.3, -0.25) is 9.69 Å². The van der Waals surface area contributed by atoms with Crippen molar-refractivity contribution in [1.29, 1.82) is 0 Å². The molecule has 2 saturated heterocycles. The number of benzene rings is 1. The predicted molar refractivity (Wildman–Crippen MR) is 110 cm³/mol. The SMILES string of the molecule is Cl.Cl.O=C(CC1CCCN1)NCC(c1ccc(C(F)(F)F)cc1)N1CCOCC1. The molecule has 2 heterocycles. The molecule has 2 aliphatic heterocycles. The summed E-state index contributed by atoms with van der Waals surface area (Å²) in [6.45, 7) is 3.85. The summed E-state index contributed by atoms with van der Waals surface area (Å²) < 4.78 is 43.9. The number of carbonyl (C=O) groups excluding carboxylic acids is 1. The van der Waals surface area contributed by atoms with Gasteiger partial charge in [0, 0.05) is 32.1 Å². The summed E-state index contributed by atoms with van der Waals surface area (Å²) in [4.78, 5) is 14.4. The Morgan fingerprint density at radius 3 is 2.41 bits per heavy atom. The summed E-state index contributed by atoms with van der Waals surface area (Å²) in [5.74, 6) is -0.0282. The molecule has 2 unspecified atom stereocenters. The molecule has 0 radical (unpaired) electrons. The van der Waals surface area contributed by atoms with Crippen LogP contribution in [0.25, 0.3) is 0 Å². The lowest BCUT2D eigenvalue weighted by molar-refractivity contribution is -0.137. The molecule has 29 heavy (non-hydrogen) atoms. The first kappa shape index (κ1) is 26.0. The summed E-state index contributed by atoms with van der Waals surface area (Å²) >= 11 is 0. The molecule has 166 valence electrons. The van der Waals surface area contributed by atoms with Crippen molar-refractivity contribution >= 4 is 30.7 Å². The van der Waals surface area contributed by atoms with E-state index in [2.05, 4.69) is 15.5 Å². The fraction of sp³-hybridized carbons (Fsp3) is 0.632. The normalized spacial score (nSPS) is 21.0. The van der Waals surface area contributed by atoms with Gasteiger partial charge in [-0.2, -0.15) is 13.2 Å². The van der Waals surface area contributed by atoms with Crippen molar-refractivity contribution < 1.29 is 22.7 Å². The first-order valence-electron chi connectivity index (χ1n) is 9.42. The van der Waals surface area contributed by atoms with Crippen molar-refractivity contribution in [1.82, 2.24) is 15.5 Å². The second-order valence-corrected chi connectivity index (χ2v) is 7.09. The molecule has 0 bridgehead atoms. The Morgan fingerprint density at radius 1 is 1.21 bits per heavy atom. The quantitative estimate of drug-likeness (QED) is 0.688. The Hall–Kier alpha value is -1.06. The molecule has 0 aliphatic carbocycles. The van der Waals surface area contributed by atoms with E-state index in [9.17, 15) is 18.0 Å². The fourth-order valence-electron chi connectivity index (χ4n) is 3.68. The maximum Gasteiger partial charge on any atom is 0.416 e. The number of hydrogen-bond acceptors (Lipinski definition) is 4. The van der Waals surface area contributed by atoms with Crippen LogP contribution >= 0.6 is 24.8 Å². The second-order valence-electron chi connectivity index (χ2n) is 7.09. The smallest absolute Gasteiger partial charge is 0.379 e. The number of nitrogens with zero attached hydrogens (tertiary/aromatic N) is 1. The first-order chi connectivity index (χ1) is 12.9. The Kier molecular flexibility index (Phi) is 10.7. The maximum absolute atomic E-state index is 12.8. The highest BCUT2D eigenvalue weighted by molar-refractivity contribution is 5.85. The standard InChI is InChI=1S/C19H26F3N3O2.2ClH/c20-19(21,22)15-5-3-14(4-6-15)17(25-8-10-27-11-9-25)13-24-18(26)12-16-2-1-7-23-16;;/h3-6,16-17,23H,1-2,7-13H2,(H,24,26);2*1H. The van der Waals surface area contributed by atoms with Gasteiger partial charge in [0.1, 0.15) is 0 Å². The summed E-state index contributed by atoms with van der Waals surface area (Å²) in [5.41, 5.74) is 0.104. The van der Waals surface area contributed by atoms with Crippen molar-refractivity contribution in [3.05, 3.63) is 35.4 Å². The minimum Gasteiger partial charge on any atom is -0.379 e. The van der Waals surface area contributed by atoms with Crippen LogP contribution < -0.4 is 10.6 Å². The minimum atomic E-state index is -4.35. The van der Waals surface area contributed by atoms with E-state index in [4.69, 9.17) is 4.74 Å². The molecular weight excluding hydrogens is 430 g/mol. The van der Waals surface area contributed by atoms with Gasteiger partial charge in [0.25, 0.3) is 0 Å². The molecule has 2 fully saturated rings. The molecule has 0 aromatic heterocycles. The molecule has 1 aromatic carbocycles. The predicted octanol–water partition coefficient (Wildman–Crippen LogP) is 3.18. The lowest BCUT2D eigenvalue weighted by atomic mass is 10.0. The van der Waals surface area contributed by atoms with Gasteiger partial charge in [0.05, 0.1) is 24.8 Å². The minimum absolute atomic E-state index is 0. The number of rotatable bonds is 6. The van der Waals surface area contributed by atoms with Crippen LogP contribution in [0.1, 0.15) is 36.4 Å². The molecule has 0 saturated carbocycles. The van der Waals surface area contributed by atoms with Gasteiger partial charge in [-0.1, -0.05) is 12.1 Å². The number of halogens is 5. The van der Waals surface area contributed by atoms with Gasteiger partial charge < -0.3 is 15.4 Å². The monoisotopic (exact) mass is 457 g/mol. The highest BCUT2D eigenvalue weighted by atomic mass is 35.5. The summed E-state index contributed by atoms with van der Waals surface area (Å²) in [6.07, 6.45) is -1.84. The molecule has 1 aromatic rings. The van der Waals surface area contributed by atoms with Gasteiger partial charge in [0.2, 0.25) is 5.91 Å². The molecular formula is C19H28Cl2F3N3O2. The van der Waals surface area contributed by atoms with Crippen LogP contribution in [0.2, 0.25) is 0 Å². The molecule has 5 nitrogen and oxygen atoms in total. The maximum atomic E-state index is 12.8. The molecule has 2 aliphatic rings. The summed E-state index contributed by atoms with van der Waals surface area (Å²) in [7, 11) is 0. The van der Waals surface area contributed by atoms with Gasteiger partial charge in [-0.15, -0.1) is 24.8 Å². The van der Waals surface area contributed by atoms with E-state index in [1.54, 1.807) is 0 Å². The summed E-state index contributed by atoms with van der Waals surface area (Å²) in [6, 6.07) is 5.27. The largest absolute Gasteiger partial charge is 0.416 e. The zero-order chi connectivity index (χ0) is 19.3. The van der Waals surface area contributed by atoms with E-state index in [1.165, 1.54) is 12.1 Å². The van der Waals surface area contributed by atoms with Crippen molar-refractivity contribution in [2.75, 3.05) is 39.4 Å². The third-order valence-corrected chi connectivity index (χ3v) is 5.20. The zero-order valence-corrected chi connectivity index (χ0v) is 17.7. The van der Waals surface area contributed by atoms with Crippen LogP contribution in [0.4, 0.5) is 13.2 Å². The Balaban J connectivity index is 0.00000210. The van der Waals surface area contributed by atoms with Crippen LogP contribution in [-0.2, 0) is 15.7 Å². The Morgan fingerprint density at radius 2 is 1.86 bits per heavy atom. The van der Waals surface area contributed by atoms with Crippen molar-refractivity contribution in [2.45, 2.75) is 37.5 Å². The number of carbonyl (C=O) groups is 1. The lowest BCUT2D eigenvalue weighted by Crippen LogP contribution is -2.44. The van der Waals surface area contributed by atoms with Crippen LogP contribution in [-0.4, -0.2) is 56.2 Å². The average Bonchev–Trinajstić information content (AvgIpc) is 3.15. The van der Waals surface area contributed by atoms with Crippen LogP contribution in [0.3, 0.4) is 0 Å². The van der Waals surface area contributed by atoms with Gasteiger partial charge >= 0.3 is 6.18 Å². The molecule has 10 heteroatoms. The van der Waals surface area contributed by atoms with E-state index in [0.717, 1.165) is 37.1 Å². The van der Waals surface area contributed by atoms with Crippen molar-refractivity contribution in [2.24, 2.45) is 0 Å². The highest BCUT2D eigenvalue weighted by Crippen LogP contribution is 2.31. The Labute approximate surface area is 181 Å². The molecule has 2 N–H and O–H groups in total. The molecule has 1 amide bonds. The number of amides is 1. The third-order valence-electron chi connectivity index (χ3n) is 5.20. The van der Waals surface area contributed by atoms with Crippen LogP contribution in [0.15, 0.2) is 24.3 Å². The first-order valence-corrected chi connectivity index (χ1v) is 9.42. The second kappa shape index (κ2) is 12.0. The number of morpholine rings is 1. The summed E-state index contributed by atoms with van der Waals surface area (Å²) in [5, 5.41) is 6.26. The van der Waals surface area contributed by atoms with E-state index in [0.29, 0.717) is 39.3 Å². The number of ether oxygens (including phenoxy) is 1. The van der Waals surface area contributed by atoms with Crippen LogP contribution in [0.5, 0.6) is 0 Å². The van der Waals surface area contributed by atoms with E-state index >= 15 is 0 Å². The zero-order valence-electron chi connectivity index (χ0n) is 16.0. The number of alkyl halides is 3. The highest BCUT2D eigenvalue weighted by Gasteiger charge is 2.31. The molecule has 2 atom stereocenters. The van der Waals surface area contributed by atoms with Crippen LogP contribution in [0, 0.1) is 0 Å². The number of hydrogen-bond donors (Lipinski definition) is 2. The lowest BCUT2D eigenvalue weighted by Gasteiger charge is -2.35. The average molecular weight is 458 g/mol. The van der Waals surface area contributed by atoms with Gasteiger partial charge in [0.15, 0.2) is 0 Å². The molecule has 0 spiro atoms. The topological polar surface area (TPSA) is 53.6 Å². The molecule has 3 rings (SSSR count). The van der Waals surface area contributed by atoms with Gasteiger partial charge in [-0.05, 0) is 37.1 Å². The third kappa shape index (κ3) is 7.61. The fourth-order valence-corrected chi connectivity index (χ4v) is 3.68. The number of nitrogens with one attached hydrogen (secondary N) is 2. The van der Waals surface area contributed by atoms with E-state index in [-0.39, 0.29) is 42.8 Å². The van der Waals surface area contributed by atoms with Crippen molar-refractivity contribution in [3.8, 4) is 0 Å².